The Bertz CT molecular complexity index is 566. The van der Waals surface area contributed by atoms with E-state index in [4.69, 9.17) is 5.73 Å². The lowest BCUT2D eigenvalue weighted by Crippen LogP contribution is -2.22. The molecule has 0 radical (unpaired) electrons. The topological polar surface area (TPSA) is 56.7 Å². The van der Waals surface area contributed by atoms with E-state index in [1.54, 1.807) is 6.33 Å². The molecule has 90 valence electrons. The van der Waals surface area contributed by atoms with Crippen LogP contribution in [0.3, 0.4) is 0 Å². The third-order valence-electron chi connectivity index (χ3n) is 3.81. The van der Waals surface area contributed by atoms with Crippen LogP contribution >= 0.6 is 0 Å². The molecular weight excluding hydrogens is 212 g/mol. The van der Waals surface area contributed by atoms with Crippen molar-refractivity contribution in [2.45, 2.75) is 38.1 Å². The maximum atomic E-state index is 6.15. The fraction of sp³-hybridized carbons (Fsp3) is 0.538. The largest absolute Gasteiger partial charge is 0.335 e. The van der Waals surface area contributed by atoms with Crippen LogP contribution in [-0.4, -0.2) is 20.1 Å². The fourth-order valence-electron chi connectivity index (χ4n) is 2.45. The highest BCUT2D eigenvalue weighted by atomic mass is 15.0. The molecule has 0 saturated heterocycles. The van der Waals surface area contributed by atoms with Crippen molar-refractivity contribution in [3.8, 4) is 0 Å². The van der Waals surface area contributed by atoms with Gasteiger partial charge in [-0.2, -0.15) is 0 Å². The second-order valence-corrected chi connectivity index (χ2v) is 5.29. The minimum atomic E-state index is 0.117. The summed E-state index contributed by atoms with van der Waals surface area (Å²) in [5.41, 5.74) is 9.68. The maximum Gasteiger partial charge on any atom is 0.143 e. The number of rotatable bonds is 3. The molecule has 0 atom stereocenters. The Morgan fingerprint density at radius 2 is 2.18 bits per heavy atom. The molecule has 1 fully saturated rings. The summed E-state index contributed by atoms with van der Waals surface area (Å²) in [5.74, 6) is 0. The molecule has 4 nitrogen and oxygen atoms in total. The van der Waals surface area contributed by atoms with Crippen LogP contribution in [0.4, 0.5) is 0 Å². The Morgan fingerprint density at radius 1 is 1.41 bits per heavy atom. The minimum Gasteiger partial charge on any atom is -0.335 e. The van der Waals surface area contributed by atoms with Crippen molar-refractivity contribution in [2.75, 3.05) is 0 Å². The highest BCUT2D eigenvalue weighted by molar-refractivity contribution is 5.82. The molecule has 2 aromatic heterocycles. The fourth-order valence-corrected chi connectivity index (χ4v) is 2.45. The molecule has 3 rings (SSSR count). The molecule has 0 amide bonds. The summed E-state index contributed by atoms with van der Waals surface area (Å²) in [7, 11) is 2.04. The number of hydrogen-bond donors (Lipinski definition) is 1. The first-order chi connectivity index (χ1) is 8.09. The second-order valence-electron chi connectivity index (χ2n) is 5.29. The molecule has 0 bridgehead atoms. The van der Waals surface area contributed by atoms with E-state index in [2.05, 4.69) is 20.7 Å². The molecule has 17 heavy (non-hydrogen) atoms. The monoisotopic (exact) mass is 230 g/mol. The van der Waals surface area contributed by atoms with Gasteiger partial charge in [-0.15, -0.1) is 0 Å². The van der Waals surface area contributed by atoms with Crippen molar-refractivity contribution in [1.82, 2.24) is 14.5 Å². The normalized spacial score (nSPS) is 17.6. The van der Waals surface area contributed by atoms with Crippen LogP contribution in [0.2, 0.25) is 0 Å². The van der Waals surface area contributed by atoms with E-state index >= 15 is 0 Å². The lowest BCUT2D eigenvalue weighted by molar-refractivity contribution is 0.610. The lowest BCUT2D eigenvalue weighted by atomic mass is 10.0. The zero-order valence-corrected chi connectivity index (χ0v) is 10.4. The van der Waals surface area contributed by atoms with Crippen molar-refractivity contribution < 1.29 is 0 Å². The summed E-state index contributed by atoms with van der Waals surface area (Å²) >= 11 is 0. The molecule has 1 aliphatic rings. The number of aromatic nitrogens is 3. The first-order valence-electron chi connectivity index (χ1n) is 6.13. The van der Waals surface area contributed by atoms with E-state index in [1.807, 2.05) is 14.0 Å². The molecule has 1 aliphatic carbocycles. The minimum absolute atomic E-state index is 0.117. The van der Waals surface area contributed by atoms with Gasteiger partial charge in [0.25, 0.3) is 0 Å². The summed E-state index contributed by atoms with van der Waals surface area (Å²) in [5, 5.41) is 1.21. The van der Waals surface area contributed by atoms with Gasteiger partial charge in [-0.1, -0.05) is 0 Å². The molecule has 0 aliphatic heterocycles. The molecule has 2 aromatic rings. The van der Waals surface area contributed by atoms with Crippen molar-refractivity contribution in [1.29, 1.82) is 0 Å². The first kappa shape index (κ1) is 10.7. The van der Waals surface area contributed by atoms with Gasteiger partial charge in [-0.3, -0.25) is 0 Å². The Hall–Kier alpha value is -1.42. The summed E-state index contributed by atoms with van der Waals surface area (Å²) in [6.07, 6.45) is 8.24. The third-order valence-corrected chi connectivity index (χ3v) is 3.81. The van der Waals surface area contributed by atoms with Crippen LogP contribution in [0, 0.1) is 6.92 Å². The van der Waals surface area contributed by atoms with Crippen molar-refractivity contribution in [2.24, 2.45) is 12.8 Å². The van der Waals surface area contributed by atoms with Crippen LogP contribution in [0.25, 0.3) is 11.0 Å². The molecule has 2 N–H and O–H groups in total. The molecule has 0 spiro atoms. The van der Waals surface area contributed by atoms with Gasteiger partial charge in [0.05, 0.1) is 5.69 Å². The first-order valence-corrected chi connectivity index (χ1v) is 6.13. The maximum absolute atomic E-state index is 6.15. The van der Waals surface area contributed by atoms with Gasteiger partial charge < -0.3 is 10.3 Å². The molecule has 4 heteroatoms. The van der Waals surface area contributed by atoms with Gasteiger partial charge in [0.1, 0.15) is 12.0 Å². The summed E-state index contributed by atoms with van der Waals surface area (Å²) < 4.78 is 2.08. The van der Waals surface area contributed by atoms with Crippen molar-refractivity contribution >= 4 is 11.0 Å². The molecule has 2 heterocycles. The van der Waals surface area contributed by atoms with E-state index in [9.17, 15) is 0 Å². The Morgan fingerprint density at radius 3 is 2.88 bits per heavy atom. The number of aryl methyl sites for hydroxylation is 3. The van der Waals surface area contributed by atoms with Crippen LogP contribution in [0.5, 0.6) is 0 Å². The Balaban J connectivity index is 1.98. The highest BCUT2D eigenvalue weighted by Gasteiger charge is 2.37. The standard InChI is InChI=1S/C13H18N4/c1-9-11-10(3-4-13(14)5-6-13)7-17(2)12(11)16-8-15-9/h7-8H,3-6,14H2,1-2H3. The number of nitrogens with two attached hydrogens (primary N) is 1. The SMILES string of the molecule is Cc1ncnc2c1c(CCC1(N)CC1)cn2C. The molecular formula is C13H18N4. The molecule has 0 aromatic carbocycles. The van der Waals surface area contributed by atoms with E-state index < -0.39 is 0 Å². The van der Waals surface area contributed by atoms with Crippen LogP contribution in [0.15, 0.2) is 12.5 Å². The highest BCUT2D eigenvalue weighted by Crippen LogP contribution is 2.37. The Labute approximate surface area is 101 Å². The number of hydrogen-bond acceptors (Lipinski definition) is 3. The third kappa shape index (κ3) is 1.82. The summed E-state index contributed by atoms with van der Waals surface area (Å²) in [6.45, 7) is 2.04. The molecule has 0 unspecified atom stereocenters. The van der Waals surface area contributed by atoms with Crippen LogP contribution in [0.1, 0.15) is 30.5 Å². The predicted molar refractivity (Wildman–Crippen MR) is 67.7 cm³/mol. The lowest BCUT2D eigenvalue weighted by Gasteiger charge is -2.07. The van der Waals surface area contributed by atoms with Gasteiger partial charge in [0, 0.05) is 24.2 Å². The van der Waals surface area contributed by atoms with Gasteiger partial charge in [0.2, 0.25) is 0 Å². The van der Waals surface area contributed by atoms with Gasteiger partial charge in [-0.05, 0) is 38.2 Å². The molecule has 1 saturated carbocycles. The number of nitrogens with zero attached hydrogens (tertiary/aromatic N) is 3. The van der Waals surface area contributed by atoms with Crippen molar-refractivity contribution in [3.05, 3.63) is 23.8 Å². The average Bonchev–Trinajstić information content (AvgIpc) is 2.94. The quantitative estimate of drug-likeness (QED) is 0.873. The van der Waals surface area contributed by atoms with Gasteiger partial charge >= 0.3 is 0 Å². The summed E-state index contributed by atoms with van der Waals surface area (Å²) in [6, 6.07) is 0. The van der Waals surface area contributed by atoms with Crippen LogP contribution in [-0.2, 0) is 13.5 Å². The van der Waals surface area contributed by atoms with Gasteiger partial charge in [0.15, 0.2) is 0 Å². The average molecular weight is 230 g/mol. The second kappa shape index (κ2) is 3.53. The van der Waals surface area contributed by atoms with Gasteiger partial charge in [-0.25, -0.2) is 9.97 Å². The smallest absolute Gasteiger partial charge is 0.143 e. The number of fused-ring (bicyclic) bond motifs is 1. The van der Waals surface area contributed by atoms with E-state index in [0.717, 1.165) is 24.2 Å². The predicted octanol–water partition coefficient (Wildman–Crippen LogP) is 1.70. The zero-order chi connectivity index (χ0) is 12.0. The van der Waals surface area contributed by atoms with E-state index in [1.165, 1.54) is 23.8 Å². The van der Waals surface area contributed by atoms with Crippen LogP contribution < -0.4 is 5.73 Å². The Kier molecular flexibility index (Phi) is 2.23. The van der Waals surface area contributed by atoms with E-state index in [0.29, 0.717) is 0 Å². The van der Waals surface area contributed by atoms with E-state index in [-0.39, 0.29) is 5.54 Å². The zero-order valence-electron chi connectivity index (χ0n) is 10.4. The summed E-state index contributed by atoms with van der Waals surface area (Å²) in [4.78, 5) is 8.63. The van der Waals surface area contributed by atoms with Crippen molar-refractivity contribution in [3.63, 3.8) is 0 Å².